The first-order valence-electron chi connectivity index (χ1n) is 8.38. The molecule has 0 radical (unpaired) electrons. The summed E-state index contributed by atoms with van der Waals surface area (Å²) in [7, 11) is 3.17. The summed E-state index contributed by atoms with van der Waals surface area (Å²) < 4.78 is 16.2. The number of carbonyl (C=O) groups excluding carboxylic acids is 1. The third kappa shape index (κ3) is 4.43. The fourth-order valence-electron chi connectivity index (χ4n) is 2.50. The van der Waals surface area contributed by atoms with E-state index in [0.29, 0.717) is 39.6 Å². The predicted octanol–water partition coefficient (Wildman–Crippen LogP) is 3.99. The number of aliphatic imine (C=N–C) groups is 1. The molecular weight excluding hydrogens is 364 g/mol. The zero-order valence-electron chi connectivity index (χ0n) is 15.3. The number of hydrogen-bond donors (Lipinski definition) is 1. The minimum Gasteiger partial charge on any atom is -0.497 e. The van der Waals surface area contributed by atoms with Crippen LogP contribution in [0.5, 0.6) is 17.2 Å². The van der Waals surface area contributed by atoms with Gasteiger partial charge in [0.15, 0.2) is 5.17 Å². The Kier molecular flexibility index (Phi) is 6.03. The summed E-state index contributed by atoms with van der Waals surface area (Å²) in [6.07, 6.45) is 1.77. The molecule has 0 atom stereocenters. The fourth-order valence-corrected chi connectivity index (χ4v) is 3.32. The van der Waals surface area contributed by atoms with Crippen LogP contribution in [-0.4, -0.2) is 31.9 Å². The molecule has 1 aliphatic heterocycles. The van der Waals surface area contributed by atoms with Gasteiger partial charge in [-0.25, -0.2) is 4.99 Å². The lowest BCUT2D eigenvalue weighted by atomic mass is 10.1. The molecule has 1 heterocycles. The number of benzene rings is 2. The summed E-state index contributed by atoms with van der Waals surface area (Å²) in [6, 6.07) is 12.9. The quantitative estimate of drug-likeness (QED) is 0.763. The molecular formula is C20H20N2O4S. The number of rotatable bonds is 6. The molecule has 3 rings (SSSR count). The van der Waals surface area contributed by atoms with Gasteiger partial charge in [0.1, 0.15) is 22.9 Å². The molecule has 6 nitrogen and oxygen atoms in total. The Labute approximate surface area is 162 Å². The van der Waals surface area contributed by atoms with Crippen LogP contribution in [0.3, 0.4) is 0 Å². The standard InChI is InChI=1S/C20H20N2O4S/c1-4-26-16-8-6-5-7-15(16)21-20-22-19(23)18(27-20)11-13-9-10-14(24-2)12-17(13)25-3/h5-12H,4H2,1-3H3,(H,21,22,23)/b18-11+. The van der Waals surface area contributed by atoms with Gasteiger partial charge in [-0.3, -0.25) is 4.79 Å². The van der Waals surface area contributed by atoms with Crippen LogP contribution in [0.25, 0.3) is 6.08 Å². The lowest BCUT2D eigenvalue weighted by Crippen LogP contribution is -2.19. The van der Waals surface area contributed by atoms with Crippen molar-refractivity contribution >= 4 is 34.6 Å². The van der Waals surface area contributed by atoms with Crippen LogP contribution in [0, 0.1) is 0 Å². The molecule has 1 saturated heterocycles. The van der Waals surface area contributed by atoms with Gasteiger partial charge in [0.05, 0.1) is 25.7 Å². The van der Waals surface area contributed by atoms with E-state index in [4.69, 9.17) is 14.2 Å². The summed E-state index contributed by atoms with van der Waals surface area (Å²) >= 11 is 1.27. The molecule has 27 heavy (non-hydrogen) atoms. The molecule has 140 valence electrons. The molecule has 1 fully saturated rings. The highest BCUT2D eigenvalue weighted by molar-refractivity contribution is 8.18. The Hall–Kier alpha value is -2.93. The second-order valence-electron chi connectivity index (χ2n) is 5.49. The maximum absolute atomic E-state index is 12.3. The van der Waals surface area contributed by atoms with Crippen LogP contribution < -0.4 is 19.5 Å². The molecule has 0 aliphatic carbocycles. The van der Waals surface area contributed by atoms with Gasteiger partial charge in [0, 0.05) is 11.6 Å². The van der Waals surface area contributed by atoms with Gasteiger partial charge < -0.3 is 19.5 Å². The Balaban J connectivity index is 1.87. The maximum atomic E-state index is 12.3. The van der Waals surface area contributed by atoms with Gasteiger partial charge in [-0.05, 0) is 49.0 Å². The minimum absolute atomic E-state index is 0.203. The number of methoxy groups -OCH3 is 2. The smallest absolute Gasteiger partial charge is 0.264 e. The summed E-state index contributed by atoms with van der Waals surface area (Å²) in [5, 5.41) is 3.29. The number of nitrogens with one attached hydrogen (secondary N) is 1. The van der Waals surface area contributed by atoms with Gasteiger partial charge in [-0.1, -0.05) is 12.1 Å². The zero-order valence-corrected chi connectivity index (χ0v) is 16.1. The van der Waals surface area contributed by atoms with E-state index in [1.807, 2.05) is 43.3 Å². The van der Waals surface area contributed by atoms with Crippen molar-refractivity contribution in [2.45, 2.75) is 6.92 Å². The van der Waals surface area contributed by atoms with Crippen molar-refractivity contribution in [3.05, 3.63) is 52.9 Å². The molecule has 1 amide bonds. The van der Waals surface area contributed by atoms with Gasteiger partial charge in [-0.15, -0.1) is 0 Å². The summed E-state index contributed by atoms with van der Waals surface area (Å²) in [6.45, 7) is 2.46. The average molecular weight is 384 g/mol. The highest BCUT2D eigenvalue weighted by Crippen LogP contribution is 2.34. The van der Waals surface area contributed by atoms with Crippen LogP contribution in [0.2, 0.25) is 0 Å². The number of thioether (sulfide) groups is 1. The third-order valence-electron chi connectivity index (χ3n) is 3.77. The summed E-state index contributed by atoms with van der Waals surface area (Å²) in [5.74, 6) is 1.79. The van der Waals surface area contributed by atoms with Crippen LogP contribution in [0.4, 0.5) is 5.69 Å². The number of amides is 1. The highest BCUT2D eigenvalue weighted by atomic mass is 32.2. The molecule has 1 N–H and O–H groups in total. The molecule has 2 aromatic carbocycles. The molecule has 0 spiro atoms. The monoisotopic (exact) mass is 384 g/mol. The van der Waals surface area contributed by atoms with Gasteiger partial charge in [-0.2, -0.15) is 0 Å². The highest BCUT2D eigenvalue weighted by Gasteiger charge is 2.24. The minimum atomic E-state index is -0.203. The van der Waals surface area contributed by atoms with Crippen LogP contribution in [-0.2, 0) is 4.79 Å². The van der Waals surface area contributed by atoms with Gasteiger partial charge in [0.2, 0.25) is 0 Å². The van der Waals surface area contributed by atoms with Crippen molar-refractivity contribution in [2.75, 3.05) is 20.8 Å². The van der Waals surface area contributed by atoms with Crippen molar-refractivity contribution < 1.29 is 19.0 Å². The largest absolute Gasteiger partial charge is 0.497 e. The first-order valence-corrected chi connectivity index (χ1v) is 9.19. The molecule has 2 aromatic rings. The van der Waals surface area contributed by atoms with Crippen molar-refractivity contribution in [2.24, 2.45) is 4.99 Å². The first kappa shape index (κ1) is 18.8. The Morgan fingerprint density at radius 1 is 1.11 bits per heavy atom. The second kappa shape index (κ2) is 8.64. The van der Waals surface area contributed by atoms with Crippen molar-refractivity contribution in [3.8, 4) is 17.2 Å². The zero-order chi connectivity index (χ0) is 19.2. The van der Waals surface area contributed by atoms with E-state index < -0.39 is 0 Å². The average Bonchev–Trinajstić information content (AvgIpc) is 3.02. The third-order valence-corrected chi connectivity index (χ3v) is 4.68. The van der Waals surface area contributed by atoms with E-state index >= 15 is 0 Å². The van der Waals surface area contributed by atoms with Crippen molar-refractivity contribution in [3.63, 3.8) is 0 Å². The molecule has 7 heteroatoms. The summed E-state index contributed by atoms with van der Waals surface area (Å²) in [5.41, 5.74) is 1.46. The SMILES string of the molecule is CCOc1ccccc1N=C1NC(=O)/C(=C\c2ccc(OC)cc2OC)S1. The number of ether oxygens (including phenoxy) is 3. The molecule has 1 aliphatic rings. The number of nitrogens with zero attached hydrogens (tertiary/aromatic N) is 1. The molecule has 0 aromatic heterocycles. The van der Waals surface area contributed by atoms with E-state index in [2.05, 4.69) is 10.3 Å². The molecule has 0 saturated carbocycles. The van der Waals surface area contributed by atoms with Crippen LogP contribution >= 0.6 is 11.8 Å². The fraction of sp³-hybridized carbons (Fsp3) is 0.200. The van der Waals surface area contributed by atoms with E-state index in [-0.39, 0.29) is 5.91 Å². The molecule has 0 unspecified atom stereocenters. The Morgan fingerprint density at radius 2 is 1.93 bits per heavy atom. The Morgan fingerprint density at radius 3 is 2.67 bits per heavy atom. The maximum Gasteiger partial charge on any atom is 0.264 e. The topological polar surface area (TPSA) is 69.2 Å². The van der Waals surface area contributed by atoms with E-state index in [0.717, 1.165) is 5.56 Å². The number of amidine groups is 1. The number of hydrogen-bond acceptors (Lipinski definition) is 6. The predicted molar refractivity (Wildman–Crippen MR) is 108 cm³/mol. The van der Waals surface area contributed by atoms with E-state index in [1.54, 1.807) is 26.4 Å². The van der Waals surface area contributed by atoms with Gasteiger partial charge in [0.25, 0.3) is 5.91 Å². The van der Waals surface area contributed by atoms with Crippen molar-refractivity contribution in [1.82, 2.24) is 5.32 Å². The second-order valence-corrected chi connectivity index (χ2v) is 6.52. The number of para-hydroxylation sites is 2. The first-order chi connectivity index (χ1) is 13.1. The lowest BCUT2D eigenvalue weighted by molar-refractivity contribution is -0.115. The van der Waals surface area contributed by atoms with Gasteiger partial charge >= 0.3 is 0 Å². The normalized spacial score (nSPS) is 16.5. The van der Waals surface area contributed by atoms with Crippen LogP contribution in [0.15, 0.2) is 52.4 Å². The Bertz CT molecular complexity index is 909. The van der Waals surface area contributed by atoms with Crippen LogP contribution in [0.1, 0.15) is 12.5 Å². The lowest BCUT2D eigenvalue weighted by Gasteiger charge is -2.07. The molecule has 0 bridgehead atoms. The summed E-state index contributed by atoms with van der Waals surface area (Å²) in [4.78, 5) is 17.4. The van der Waals surface area contributed by atoms with E-state index in [1.165, 1.54) is 11.8 Å². The number of carbonyl (C=O) groups is 1. The van der Waals surface area contributed by atoms with Crippen molar-refractivity contribution in [1.29, 1.82) is 0 Å². The van der Waals surface area contributed by atoms with E-state index in [9.17, 15) is 4.79 Å².